The average molecular weight is 294 g/mol. The van der Waals surface area contributed by atoms with Crippen LogP contribution in [0.25, 0.3) is 0 Å². The third kappa shape index (κ3) is 2.76. The first-order chi connectivity index (χ1) is 9.99. The first-order valence-electron chi connectivity index (χ1n) is 6.68. The minimum absolute atomic E-state index is 0.286. The molecule has 21 heavy (non-hydrogen) atoms. The molecule has 1 N–H and O–H groups in total. The molecule has 1 aromatic rings. The molecule has 1 fully saturated rings. The lowest BCUT2D eigenvalue weighted by molar-refractivity contribution is -0.142. The number of rotatable bonds is 5. The lowest BCUT2D eigenvalue weighted by Crippen LogP contribution is -2.51. The van der Waals surface area contributed by atoms with Crippen LogP contribution in [-0.2, 0) is 9.53 Å². The van der Waals surface area contributed by atoms with Crippen molar-refractivity contribution in [1.82, 2.24) is 4.98 Å². The maximum Gasteiger partial charge on any atom is 0.340 e. The normalized spacial score (nSPS) is 14.5. The Kier molecular flexibility index (Phi) is 4.30. The summed E-state index contributed by atoms with van der Waals surface area (Å²) >= 11 is 0. The van der Waals surface area contributed by atoms with Gasteiger partial charge in [0.2, 0.25) is 0 Å². The SMILES string of the molecule is CCOC(=O)c1cnc(N2CC(C(=O)O)C2)c(OC)c1C. The molecular weight excluding hydrogens is 276 g/mol. The molecule has 7 heteroatoms. The van der Waals surface area contributed by atoms with E-state index < -0.39 is 11.9 Å². The van der Waals surface area contributed by atoms with Gasteiger partial charge in [0.25, 0.3) is 0 Å². The molecule has 0 amide bonds. The van der Waals surface area contributed by atoms with E-state index in [4.69, 9.17) is 14.6 Å². The third-order valence-corrected chi connectivity index (χ3v) is 3.49. The Morgan fingerprint density at radius 2 is 2.14 bits per heavy atom. The van der Waals surface area contributed by atoms with Crippen molar-refractivity contribution in [1.29, 1.82) is 0 Å². The molecule has 1 aliphatic heterocycles. The van der Waals surface area contributed by atoms with Crippen LogP contribution in [-0.4, -0.2) is 48.8 Å². The molecule has 0 bridgehead atoms. The van der Waals surface area contributed by atoms with Crippen LogP contribution >= 0.6 is 0 Å². The molecule has 1 aliphatic rings. The van der Waals surface area contributed by atoms with Crippen LogP contribution in [0.1, 0.15) is 22.8 Å². The number of pyridine rings is 1. The summed E-state index contributed by atoms with van der Waals surface area (Å²) in [4.78, 5) is 28.7. The van der Waals surface area contributed by atoms with Gasteiger partial charge in [-0.1, -0.05) is 0 Å². The molecule has 0 radical (unpaired) electrons. The maximum atomic E-state index is 11.8. The van der Waals surface area contributed by atoms with Crippen LogP contribution in [0.3, 0.4) is 0 Å². The number of carbonyl (C=O) groups is 2. The van der Waals surface area contributed by atoms with Crippen molar-refractivity contribution >= 4 is 17.8 Å². The number of carbonyl (C=O) groups excluding carboxylic acids is 1. The van der Waals surface area contributed by atoms with Gasteiger partial charge in [0, 0.05) is 24.8 Å². The molecule has 0 aromatic carbocycles. The summed E-state index contributed by atoms with van der Waals surface area (Å²) in [6.45, 7) is 4.55. The van der Waals surface area contributed by atoms with Crippen LogP contribution < -0.4 is 9.64 Å². The lowest BCUT2D eigenvalue weighted by Gasteiger charge is -2.38. The molecule has 1 saturated heterocycles. The molecule has 0 unspecified atom stereocenters. The molecule has 0 spiro atoms. The average Bonchev–Trinajstić information content (AvgIpc) is 2.37. The number of nitrogens with zero attached hydrogens (tertiary/aromatic N) is 2. The second-order valence-corrected chi connectivity index (χ2v) is 4.81. The van der Waals surface area contributed by atoms with Gasteiger partial charge in [0.05, 0.1) is 25.2 Å². The smallest absolute Gasteiger partial charge is 0.340 e. The fourth-order valence-corrected chi connectivity index (χ4v) is 2.26. The van der Waals surface area contributed by atoms with Crippen LogP contribution in [0.4, 0.5) is 5.82 Å². The third-order valence-electron chi connectivity index (χ3n) is 3.49. The van der Waals surface area contributed by atoms with E-state index in [-0.39, 0.29) is 12.5 Å². The van der Waals surface area contributed by atoms with Crippen molar-refractivity contribution in [2.75, 3.05) is 31.7 Å². The fourth-order valence-electron chi connectivity index (χ4n) is 2.26. The summed E-state index contributed by atoms with van der Waals surface area (Å²) in [5, 5.41) is 8.92. The van der Waals surface area contributed by atoms with Crippen molar-refractivity contribution in [3.63, 3.8) is 0 Å². The van der Waals surface area contributed by atoms with E-state index in [9.17, 15) is 9.59 Å². The number of hydrogen-bond donors (Lipinski definition) is 1. The van der Waals surface area contributed by atoms with E-state index >= 15 is 0 Å². The first kappa shape index (κ1) is 15.1. The van der Waals surface area contributed by atoms with Gasteiger partial charge in [0.15, 0.2) is 11.6 Å². The van der Waals surface area contributed by atoms with E-state index in [1.54, 1.807) is 13.8 Å². The highest BCUT2D eigenvalue weighted by atomic mass is 16.5. The summed E-state index contributed by atoms with van der Waals surface area (Å²) in [6, 6.07) is 0. The molecular formula is C14H18N2O5. The minimum atomic E-state index is -0.815. The van der Waals surface area contributed by atoms with E-state index in [1.807, 2.05) is 4.90 Å². The van der Waals surface area contributed by atoms with E-state index in [0.717, 1.165) is 0 Å². The Hall–Kier alpha value is -2.31. The van der Waals surface area contributed by atoms with Gasteiger partial charge in [0.1, 0.15) is 0 Å². The van der Waals surface area contributed by atoms with E-state index in [2.05, 4.69) is 4.98 Å². The Balaban J connectivity index is 2.27. The van der Waals surface area contributed by atoms with Gasteiger partial charge in [-0.3, -0.25) is 4.79 Å². The molecule has 1 aromatic heterocycles. The number of anilines is 1. The Bertz CT molecular complexity index is 567. The lowest BCUT2D eigenvalue weighted by atomic mass is 10.00. The second-order valence-electron chi connectivity index (χ2n) is 4.81. The summed E-state index contributed by atoms with van der Waals surface area (Å²) in [5.74, 6) is -0.615. The number of hydrogen-bond acceptors (Lipinski definition) is 6. The highest BCUT2D eigenvalue weighted by Crippen LogP contribution is 2.35. The zero-order valence-corrected chi connectivity index (χ0v) is 12.3. The predicted molar refractivity (Wildman–Crippen MR) is 74.8 cm³/mol. The quantitative estimate of drug-likeness (QED) is 0.813. The predicted octanol–water partition coefficient (Wildman–Crippen LogP) is 1.10. The molecule has 0 atom stereocenters. The molecule has 0 saturated carbocycles. The van der Waals surface area contributed by atoms with Crippen molar-refractivity contribution in [3.05, 3.63) is 17.3 Å². The number of aromatic nitrogens is 1. The topological polar surface area (TPSA) is 89.0 Å². The number of methoxy groups -OCH3 is 1. The molecule has 7 nitrogen and oxygen atoms in total. The largest absolute Gasteiger partial charge is 0.493 e. The number of aliphatic carboxylic acids is 1. The molecule has 0 aliphatic carbocycles. The van der Waals surface area contributed by atoms with Gasteiger partial charge < -0.3 is 19.5 Å². The van der Waals surface area contributed by atoms with Crippen molar-refractivity contribution in [2.24, 2.45) is 5.92 Å². The van der Waals surface area contributed by atoms with Crippen LogP contribution in [0.2, 0.25) is 0 Å². The minimum Gasteiger partial charge on any atom is -0.493 e. The highest BCUT2D eigenvalue weighted by Gasteiger charge is 2.35. The Morgan fingerprint density at radius 1 is 1.48 bits per heavy atom. The zero-order chi connectivity index (χ0) is 15.6. The van der Waals surface area contributed by atoms with Gasteiger partial charge in [-0.2, -0.15) is 0 Å². The summed E-state index contributed by atoms with van der Waals surface area (Å²) < 4.78 is 10.3. The van der Waals surface area contributed by atoms with Crippen molar-refractivity contribution in [2.45, 2.75) is 13.8 Å². The first-order valence-corrected chi connectivity index (χ1v) is 6.68. The highest BCUT2D eigenvalue weighted by molar-refractivity contribution is 5.92. The molecule has 114 valence electrons. The fraction of sp³-hybridized carbons (Fsp3) is 0.500. The zero-order valence-electron chi connectivity index (χ0n) is 12.3. The van der Waals surface area contributed by atoms with Crippen molar-refractivity contribution < 1.29 is 24.2 Å². The number of ether oxygens (including phenoxy) is 2. The van der Waals surface area contributed by atoms with Gasteiger partial charge in [-0.15, -0.1) is 0 Å². The molecule has 2 rings (SSSR count). The second kappa shape index (κ2) is 5.99. The van der Waals surface area contributed by atoms with Crippen LogP contribution in [0, 0.1) is 12.8 Å². The Labute approximate surface area is 122 Å². The van der Waals surface area contributed by atoms with Gasteiger partial charge in [-0.05, 0) is 13.8 Å². The van der Waals surface area contributed by atoms with Gasteiger partial charge in [-0.25, -0.2) is 9.78 Å². The number of esters is 1. The summed E-state index contributed by atoms with van der Waals surface area (Å²) in [7, 11) is 1.50. The number of carboxylic acid groups (broad SMARTS) is 1. The summed E-state index contributed by atoms with van der Waals surface area (Å²) in [6.07, 6.45) is 1.44. The van der Waals surface area contributed by atoms with Crippen LogP contribution in [0.5, 0.6) is 5.75 Å². The van der Waals surface area contributed by atoms with Crippen molar-refractivity contribution in [3.8, 4) is 5.75 Å². The van der Waals surface area contributed by atoms with E-state index in [1.165, 1.54) is 13.3 Å². The van der Waals surface area contributed by atoms with Crippen LogP contribution in [0.15, 0.2) is 6.20 Å². The standard InChI is InChI=1S/C14H18N2O5/c1-4-21-14(19)10-5-15-12(11(20-3)8(10)2)16-6-9(7-16)13(17)18/h5,9H,4,6-7H2,1-3H3,(H,17,18). The van der Waals surface area contributed by atoms with Gasteiger partial charge >= 0.3 is 11.9 Å². The molecule has 2 heterocycles. The summed E-state index contributed by atoms with van der Waals surface area (Å²) in [5.41, 5.74) is 0.993. The number of carboxylic acids is 1. The Morgan fingerprint density at radius 3 is 2.67 bits per heavy atom. The maximum absolute atomic E-state index is 11.8. The monoisotopic (exact) mass is 294 g/mol. The van der Waals surface area contributed by atoms with E-state index in [0.29, 0.717) is 35.8 Å².